The van der Waals surface area contributed by atoms with Crippen molar-refractivity contribution >= 4 is 12.0 Å². The molecule has 2 unspecified atom stereocenters. The Labute approximate surface area is 179 Å². The molecule has 0 saturated carbocycles. The summed E-state index contributed by atoms with van der Waals surface area (Å²) in [6, 6.07) is 9.95. The highest BCUT2D eigenvalue weighted by Crippen LogP contribution is 2.44. The minimum atomic E-state index is -0.151. The van der Waals surface area contributed by atoms with Gasteiger partial charge in [-0.15, -0.1) is 0 Å². The Morgan fingerprint density at radius 1 is 1.03 bits per heavy atom. The van der Waals surface area contributed by atoms with Gasteiger partial charge in [-0.25, -0.2) is 4.79 Å². The van der Waals surface area contributed by atoms with Crippen LogP contribution in [0.15, 0.2) is 24.3 Å². The van der Waals surface area contributed by atoms with Crippen molar-refractivity contribution in [2.75, 3.05) is 26.7 Å². The van der Waals surface area contributed by atoms with Crippen molar-refractivity contribution in [3.05, 3.63) is 35.4 Å². The van der Waals surface area contributed by atoms with Gasteiger partial charge < -0.3 is 19.4 Å². The molecule has 1 aromatic carbocycles. The average molecular weight is 412 g/mol. The summed E-state index contributed by atoms with van der Waals surface area (Å²) in [7, 11) is 1.49. The highest BCUT2D eigenvalue weighted by atomic mass is 16.5. The van der Waals surface area contributed by atoms with E-state index in [0.29, 0.717) is 18.1 Å². The molecule has 4 heterocycles. The molecule has 0 radical (unpaired) electrons. The number of nitrogens with zero attached hydrogens (tertiary/aromatic N) is 3. The molecule has 6 heteroatoms. The molecule has 1 aromatic rings. The molecule has 4 aliphatic rings. The van der Waals surface area contributed by atoms with Crippen LogP contribution in [0.3, 0.4) is 0 Å². The summed E-state index contributed by atoms with van der Waals surface area (Å²) >= 11 is 0. The second-order valence-corrected chi connectivity index (χ2v) is 9.74. The van der Waals surface area contributed by atoms with Crippen LogP contribution in [-0.4, -0.2) is 71.6 Å². The molecule has 2 amide bonds. The molecule has 3 fully saturated rings. The van der Waals surface area contributed by atoms with Crippen LogP contribution in [0.25, 0.3) is 0 Å². The van der Waals surface area contributed by atoms with E-state index in [4.69, 9.17) is 4.74 Å². The summed E-state index contributed by atoms with van der Waals surface area (Å²) in [5.41, 5.74) is 2.86. The quantitative estimate of drug-likeness (QED) is 0.712. The minimum Gasteiger partial charge on any atom is -0.453 e. The standard InChI is InChI=1S/C24H33N3O3/c1-17(28)26-15-18-5-3-4-6-22(18)24(16-26)9-11-25(12-10-24)21-13-19-7-8-20(14-21)27(19)23(29)30-2/h3-6,19-21H,7-16H2,1-2H3. The van der Waals surface area contributed by atoms with Crippen molar-refractivity contribution < 1.29 is 14.3 Å². The van der Waals surface area contributed by atoms with Gasteiger partial charge in [-0.05, 0) is 62.7 Å². The number of ether oxygens (including phenoxy) is 1. The second kappa shape index (κ2) is 7.56. The van der Waals surface area contributed by atoms with Crippen LogP contribution in [0, 0.1) is 0 Å². The highest BCUT2D eigenvalue weighted by molar-refractivity contribution is 5.74. The molecule has 4 aliphatic heterocycles. The summed E-state index contributed by atoms with van der Waals surface area (Å²) < 4.78 is 5.03. The van der Waals surface area contributed by atoms with E-state index in [-0.39, 0.29) is 17.4 Å². The van der Waals surface area contributed by atoms with Gasteiger partial charge in [-0.1, -0.05) is 24.3 Å². The molecule has 30 heavy (non-hydrogen) atoms. The molecule has 162 valence electrons. The van der Waals surface area contributed by atoms with Crippen LogP contribution in [0.1, 0.15) is 56.6 Å². The zero-order valence-electron chi connectivity index (χ0n) is 18.2. The van der Waals surface area contributed by atoms with E-state index >= 15 is 0 Å². The zero-order chi connectivity index (χ0) is 20.9. The van der Waals surface area contributed by atoms with Gasteiger partial charge in [0.25, 0.3) is 0 Å². The van der Waals surface area contributed by atoms with Gasteiger partial charge in [0, 0.05) is 43.6 Å². The Morgan fingerprint density at radius 3 is 2.33 bits per heavy atom. The molecular formula is C24H33N3O3. The van der Waals surface area contributed by atoms with Gasteiger partial charge in [-0.2, -0.15) is 0 Å². The third-order valence-corrected chi connectivity index (χ3v) is 8.25. The summed E-state index contributed by atoms with van der Waals surface area (Å²) in [5.74, 6) is 0.179. The Morgan fingerprint density at radius 2 is 1.70 bits per heavy atom. The Hall–Kier alpha value is -2.08. The summed E-state index contributed by atoms with van der Waals surface area (Å²) in [5, 5.41) is 0. The van der Waals surface area contributed by atoms with E-state index in [1.165, 1.54) is 18.2 Å². The number of likely N-dealkylation sites (tertiary alicyclic amines) is 1. The molecule has 5 rings (SSSR count). The summed E-state index contributed by atoms with van der Waals surface area (Å²) in [6.07, 6.45) is 6.38. The largest absolute Gasteiger partial charge is 0.453 e. The van der Waals surface area contributed by atoms with Gasteiger partial charge in [0.15, 0.2) is 0 Å². The first-order valence-electron chi connectivity index (χ1n) is 11.4. The number of amides is 2. The van der Waals surface area contributed by atoms with Gasteiger partial charge in [0.05, 0.1) is 7.11 Å². The Bertz CT molecular complexity index is 819. The molecule has 1 spiro atoms. The maximum atomic E-state index is 12.2. The van der Waals surface area contributed by atoms with Crippen LogP contribution in [0.5, 0.6) is 0 Å². The number of hydrogen-bond acceptors (Lipinski definition) is 4. The number of hydrogen-bond donors (Lipinski definition) is 0. The highest BCUT2D eigenvalue weighted by Gasteiger charge is 2.48. The normalized spacial score (nSPS) is 30.3. The van der Waals surface area contributed by atoms with Crippen molar-refractivity contribution in [1.82, 2.24) is 14.7 Å². The van der Waals surface area contributed by atoms with Crippen LogP contribution in [-0.2, 0) is 21.5 Å². The van der Waals surface area contributed by atoms with Crippen molar-refractivity contribution in [3.8, 4) is 0 Å². The Kier molecular flexibility index (Phi) is 5.00. The third-order valence-electron chi connectivity index (χ3n) is 8.25. The van der Waals surface area contributed by atoms with Gasteiger partial charge in [-0.3, -0.25) is 4.79 Å². The van der Waals surface area contributed by atoms with Crippen molar-refractivity contribution in [1.29, 1.82) is 0 Å². The number of carbonyl (C=O) groups excluding carboxylic acids is 2. The van der Waals surface area contributed by atoms with Crippen molar-refractivity contribution in [2.45, 2.75) is 75.5 Å². The number of benzene rings is 1. The number of methoxy groups -OCH3 is 1. The number of carbonyl (C=O) groups is 2. The first-order chi connectivity index (χ1) is 14.5. The first kappa shape index (κ1) is 19.9. The second-order valence-electron chi connectivity index (χ2n) is 9.74. The van der Waals surface area contributed by atoms with Crippen molar-refractivity contribution in [2.24, 2.45) is 0 Å². The molecule has 6 nitrogen and oxygen atoms in total. The van der Waals surface area contributed by atoms with Gasteiger partial charge in [0.2, 0.25) is 5.91 Å². The molecular weight excluding hydrogens is 378 g/mol. The predicted octanol–water partition coefficient (Wildman–Crippen LogP) is 3.14. The molecule has 0 aromatic heterocycles. The topological polar surface area (TPSA) is 53.1 Å². The monoisotopic (exact) mass is 411 g/mol. The fourth-order valence-corrected chi connectivity index (χ4v) is 6.70. The molecule has 2 bridgehead atoms. The maximum Gasteiger partial charge on any atom is 0.409 e. The lowest BCUT2D eigenvalue weighted by molar-refractivity contribution is -0.131. The Balaban J connectivity index is 1.30. The first-order valence-corrected chi connectivity index (χ1v) is 11.4. The lowest BCUT2D eigenvalue weighted by atomic mass is 9.68. The summed E-state index contributed by atoms with van der Waals surface area (Å²) in [6.45, 7) is 5.43. The molecule has 2 atom stereocenters. The number of piperidine rings is 2. The number of fused-ring (bicyclic) bond motifs is 4. The molecule has 0 aliphatic carbocycles. The minimum absolute atomic E-state index is 0.0860. The smallest absolute Gasteiger partial charge is 0.409 e. The van der Waals surface area contributed by atoms with E-state index < -0.39 is 0 Å². The van der Waals surface area contributed by atoms with Gasteiger partial charge >= 0.3 is 6.09 Å². The lowest BCUT2D eigenvalue weighted by Crippen LogP contribution is -2.57. The fraction of sp³-hybridized carbons (Fsp3) is 0.667. The molecule has 0 N–H and O–H groups in total. The average Bonchev–Trinajstić information content (AvgIpc) is 3.03. The third kappa shape index (κ3) is 3.20. The SMILES string of the molecule is COC(=O)N1C2CCC1CC(N1CCC3(CC1)CN(C(C)=O)Cc1ccccc13)C2. The van der Waals surface area contributed by atoms with E-state index in [2.05, 4.69) is 29.2 Å². The van der Waals surface area contributed by atoms with Crippen LogP contribution < -0.4 is 0 Å². The van der Waals surface area contributed by atoms with E-state index in [1.807, 2.05) is 9.80 Å². The number of rotatable bonds is 1. The van der Waals surface area contributed by atoms with E-state index in [9.17, 15) is 9.59 Å². The molecule has 3 saturated heterocycles. The summed E-state index contributed by atoms with van der Waals surface area (Å²) in [4.78, 5) is 31.1. The van der Waals surface area contributed by atoms with E-state index in [0.717, 1.165) is 64.7 Å². The van der Waals surface area contributed by atoms with Crippen LogP contribution >= 0.6 is 0 Å². The van der Waals surface area contributed by atoms with Gasteiger partial charge in [0.1, 0.15) is 0 Å². The predicted molar refractivity (Wildman–Crippen MR) is 114 cm³/mol. The maximum absolute atomic E-state index is 12.2. The van der Waals surface area contributed by atoms with E-state index in [1.54, 1.807) is 6.92 Å². The lowest BCUT2D eigenvalue weighted by Gasteiger charge is -2.51. The van der Waals surface area contributed by atoms with Crippen LogP contribution in [0.4, 0.5) is 4.79 Å². The fourth-order valence-electron chi connectivity index (χ4n) is 6.70. The zero-order valence-corrected chi connectivity index (χ0v) is 18.2. The van der Waals surface area contributed by atoms with Crippen LogP contribution in [0.2, 0.25) is 0 Å². The van der Waals surface area contributed by atoms with Crippen molar-refractivity contribution in [3.63, 3.8) is 0 Å².